The molecule has 23 heavy (non-hydrogen) atoms. The van der Waals surface area contributed by atoms with E-state index in [0.29, 0.717) is 17.0 Å². The first-order valence-electron chi connectivity index (χ1n) is 7.18. The molecule has 0 spiro atoms. The smallest absolute Gasteiger partial charge is 0.308 e. The number of benzene rings is 1. The van der Waals surface area contributed by atoms with Gasteiger partial charge in [-0.15, -0.1) is 0 Å². The minimum Gasteiger partial charge on any atom is -0.424 e. The second kappa shape index (κ2) is 6.96. The van der Waals surface area contributed by atoms with E-state index in [-0.39, 0.29) is 11.5 Å². The molecule has 0 unspecified atom stereocenters. The summed E-state index contributed by atoms with van der Waals surface area (Å²) in [6.45, 7) is 4.46. The van der Waals surface area contributed by atoms with E-state index in [0.717, 1.165) is 5.56 Å². The lowest BCUT2D eigenvalue weighted by molar-refractivity contribution is -0.131. The van der Waals surface area contributed by atoms with Crippen LogP contribution in [0.5, 0.6) is 5.75 Å². The van der Waals surface area contributed by atoms with Crippen molar-refractivity contribution in [2.45, 2.75) is 20.8 Å². The third-order valence-electron chi connectivity index (χ3n) is 3.35. The number of esters is 1. The van der Waals surface area contributed by atoms with Crippen molar-refractivity contribution in [3.05, 3.63) is 52.8 Å². The van der Waals surface area contributed by atoms with E-state index in [4.69, 9.17) is 9.57 Å². The molecule has 0 atom stereocenters. The molecule has 2 aromatic rings. The molecule has 0 saturated heterocycles. The summed E-state index contributed by atoms with van der Waals surface area (Å²) >= 11 is 0. The van der Waals surface area contributed by atoms with Gasteiger partial charge in [-0.2, -0.15) is 4.73 Å². The van der Waals surface area contributed by atoms with Crippen molar-refractivity contribution >= 4 is 23.9 Å². The molecule has 0 saturated carbocycles. The summed E-state index contributed by atoms with van der Waals surface area (Å²) in [4.78, 5) is 28.7. The molecular formula is C18H19NO4. The highest BCUT2D eigenvalue weighted by Crippen LogP contribution is 2.31. The van der Waals surface area contributed by atoms with Gasteiger partial charge in [0.2, 0.25) is 0 Å². The van der Waals surface area contributed by atoms with E-state index in [1.165, 1.54) is 25.7 Å². The highest BCUT2D eigenvalue weighted by Gasteiger charge is 2.25. The fourth-order valence-corrected chi connectivity index (χ4v) is 2.41. The van der Waals surface area contributed by atoms with Gasteiger partial charge >= 0.3 is 5.97 Å². The maximum Gasteiger partial charge on any atom is 0.308 e. The number of rotatable bonds is 5. The summed E-state index contributed by atoms with van der Waals surface area (Å²) in [5.74, 6) is -0.449. The highest BCUT2D eigenvalue weighted by atomic mass is 16.6. The summed E-state index contributed by atoms with van der Waals surface area (Å²) in [5.41, 5.74) is 2.41. The van der Waals surface area contributed by atoms with E-state index < -0.39 is 5.97 Å². The van der Waals surface area contributed by atoms with Crippen LogP contribution in [0.1, 0.15) is 41.2 Å². The van der Waals surface area contributed by atoms with Gasteiger partial charge in [0.25, 0.3) is 0 Å². The Balaban J connectivity index is 2.59. The SMILES string of the molecule is COn1c(C)c(OC(C)=O)c(C(C)=O)c1/C=C/c1ccccc1. The van der Waals surface area contributed by atoms with Crippen molar-refractivity contribution in [2.75, 3.05) is 7.11 Å². The zero-order chi connectivity index (χ0) is 17.0. The molecule has 1 heterocycles. The third-order valence-corrected chi connectivity index (χ3v) is 3.35. The molecule has 0 radical (unpaired) electrons. The summed E-state index contributed by atoms with van der Waals surface area (Å²) in [6.07, 6.45) is 3.64. The van der Waals surface area contributed by atoms with Gasteiger partial charge in [0, 0.05) is 6.92 Å². The third kappa shape index (κ3) is 3.51. The summed E-state index contributed by atoms with van der Waals surface area (Å²) in [6, 6.07) is 9.68. The van der Waals surface area contributed by atoms with Crippen LogP contribution in [0.4, 0.5) is 0 Å². The summed E-state index contributed by atoms with van der Waals surface area (Å²) < 4.78 is 6.70. The first kappa shape index (κ1) is 16.5. The highest BCUT2D eigenvalue weighted by molar-refractivity contribution is 6.02. The second-order valence-electron chi connectivity index (χ2n) is 5.05. The van der Waals surface area contributed by atoms with Gasteiger partial charge in [0.1, 0.15) is 7.11 Å². The molecule has 120 valence electrons. The van der Waals surface area contributed by atoms with Crippen LogP contribution in [0.3, 0.4) is 0 Å². The molecule has 0 N–H and O–H groups in total. The maximum absolute atomic E-state index is 12.1. The second-order valence-corrected chi connectivity index (χ2v) is 5.05. The summed E-state index contributed by atoms with van der Waals surface area (Å²) in [7, 11) is 1.49. The first-order valence-corrected chi connectivity index (χ1v) is 7.18. The number of hydrogen-bond donors (Lipinski definition) is 0. The molecule has 0 amide bonds. The largest absolute Gasteiger partial charge is 0.424 e. The molecule has 0 bridgehead atoms. The number of ketones is 1. The number of carbonyl (C=O) groups excluding carboxylic acids is 2. The molecular weight excluding hydrogens is 294 g/mol. The van der Waals surface area contributed by atoms with E-state index >= 15 is 0 Å². The normalized spacial score (nSPS) is 10.8. The van der Waals surface area contributed by atoms with Crippen molar-refractivity contribution in [3.8, 4) is 5.75 Å². The van der Waals surface area contributed by atoms with E-state index in [2.05, 4.69) is 0 Å². The number of hydrogen-bond acceptors (Lipinski definition) is 4. The molecule has 0 fully saturated rings. The van der Waals surface area contributed by atoms with E-state index in [1.807, 2.05) is 36.4 Å². The zero-order valence-corrected chi connectivity index (χ0v) is 13.6. The average Bonchev–Trinajstić information content (AvgIpc) is 2.77. The fraction of sp³-hybridized carbons (Fsp3) is 0.222. The van der Waals surface area contributed by atoms with Gasteiger partial charge in [0.05, 0.1) is 17.0 Å². The van der Waals surface area contributed by atoms with Crippen LogP contribution >= 0.6 is 0 Å². The Morgan fingerprint density at radius 1 is 1.09 bits per heavy atom. The number of aromatic nitrogens is 1. The lowest BCUT2D eigenvalue weighted by atomic mass is 10.1. The Morgan fingerprint density at radius 3 is 2.26 bits per heavy atom. The average molecular weight is 313 g/mol. The van der Waals surface area contributed by atoms with Crippen molar-refractivity contribution in [1.82, 2.24) is 4.73 Å². The van der Waals surface area contributed by atoms with Gasteiger partial charge < -0.3 is 9.57 Å². The van der Waals surface area contributed by atoms with Gasteiger partial charge in [-0.25, -0.2) is 0 Å². The predicted molar refractivity (Wildman–Crippen MR) is 88.4 cm³/mol. The van der Waals surface area contributed by atoms with Crippen LogP contribution in [0, 0.1) is 6.92 Å². The van der Waals surface area contributed by atoms with Gasteiger partial charge in [-0.3, -0.25) is 9.59 Å². The Labute approximate surface area is 135 Å². The number of nitrogens with zero attached hydrogens (tertiary/aromatic N) is 1. The molecule has 5 heteroatoms. The zero-order valence-electron chi connectivity index (χ0n) is 13.6. The number of carbonyl (C=O) groups is 2. The lowest BCUT2D eigenvalue weighted by Crippen LogP contribution is -2.10. The first-order chi connectivity index (χ1) is 11.0. The van der Waals surface area contributed by atoms with Crippen molar-refractivity contribution < 1.29 is 19.2 Å². The van der Waals surface area contributed by atoms with Gasteiger partial charge in [-0.1, -0.05) is 36.4 Å². The van der Waals surface area contributed by atoms with Crippen molar-refractivity contribution in [2.24, 2.45) is 0 Å². The Hall–Kier alpha value is -2.82. The minimum absolute atomic E-state index is 0.201. The van der Waals surface area contributed by atoms with Crippen LogP contribution in [-0.4, -0.2) is 23.6 Å². The van der Waals surface area contributed by atoms with Crippen molar-refractivity contribution in [1.29, 1.82) is 0 Å². The molecule has 0 aliphatic rings. The molecule has 2 rings (SSSR count). The lowest BCUT2D eigenvalue weighted by Gasteiger charge is -2.06. The number of ether oxygens (including phenoxy) is 1. The minimum atomic E-state index is -0.484. The van der Waals surface area contributed by atoms with Crippen LogP contribution in [0.25, 0.3) is 12.2 Å². The van der Waals surface area contributed by atoms with Crippen LogP contribution in [-0.2, 0) is 4.79 Å². The number of Topliss-reactive ketones (excluding diaryl/α,β-unsaturated/α-hetero) is 1. The predicted octanol–water partition coefficient (Wildman–Crippen LogP) is 3.15. The van der Waals surface area contributed by atoms with E-state index in [9.17, 15) is 9.59 Å². The monoisotopic (exact) mass is 313 g/mol. The van der Waals surface area contributed by atoms with Crippen molar-refractivity contribution in [3.63, 3.8) is 0 Å². The van der Waals surface area contributed by atoms with Crippen LogP contribution < -0.4 is 9.57 Å². The molecule has 0 aliphatic heterocycles. The Kier molecular flexibility index (Phi) is 5.01. The Morgan fingerprint density at radius 2 is 1.74 bits per heavy atom. The van der Waals surface area contributed by atoms with E-state index in [1.54, 1.807) is 13.0 Å². The van der Waals surface area contributed by atoms with Gasteiger partial charge in [0.15, 0.2) is 11.5 Å². The maximum atomic E-state index is 12.1. The van der Waals surface area contributed by atoms with Crippen LogP contribution in [0.15, 0.2) is 30.3 Å². The molecule has 0 aliphatic carbocycles. The molecule has 1 aromatic heterocycles. The summed E-state index contributed by atoms with van der Waals surface area (Å²) in [5, 5.41) is 0. The standard InChI is InChI=1S/C18H19NO4/c1-12-18(23-14(3)21)17(13(2)20)16(19(12)22-4)11-10-15-8-6-5-7-9-15/h5-11H,1-4H3/b11-10+. The van der Waals surface area contributed by atoms with Crippen LogP contribution in [0.2, 0.25) is 0 Å². The topological polar surface area (TPSA) is 57.5 Å². The van der Waals surface area contributed by atoms with Gasteiger partial charge in [-0.05, 0) is 25.5 Å². The fourth-order valence-electron chi connectivity index (χ4n) is 2.41. The Bertz CT molecular complexity index is 757. The molecule has 1 aromatic carbocycles. The molecule has 5 nitrogen and oxygen atoms in total. The quantitative estimate of drug-likeness (QED) is 0.628.